The first-order valence-electron chi connectivity index (χ1n) is 8.04. The van der Waals surface area contributed by atoms with Gasteiger partial charge in [-0.2, -0.15) is 0 Å². The summed E-state index contributed by atoms with van der Waals surface area (Å²) in [4.78, 5) is 2.57. The van der Waals surface area contributed by atoms with Crippen LogP contribution in [-0.4, -0.2) is 51.3 Å². The minimum Gasteiger partial charge on any atom is -0.380 e. The van der Waals surface area contributed by atoms with Crippen molar-refractivity contribution in [2.24, 2.45) is 5.92 Å². The number of piperidine rings is 1. The molecule has 3 atom stereocenters. The van der Waals surface area contributed by atoms with E-state index in [1.54, 1.807) is 0 Å². The molecule has 1 aromatic rings. The largest absolute Gasteiger partial charge is 0.380 e. The standard InChI is InChI=1S/C18H30N2O/c1-15-10-11-20(12-17(15)21-4)14-18(2,13-19-3)16-8-6-5-7-9-16/h5-9,15,17,19H,10-14H2,1-4H3. The van der Waals surface area contributed by atoms with Crippen molar-refractivity contribution < 1.29 is 4.74 Å². The highest BCUT2D eigenvalue weighted by molar-refractivity contribution is 5.25. The Balaban J connectivity index is 2.09. The molecule has 0 saturated carbocycles. The second-order valence-electron chi connectivity index (χ2n) is 6.73. The van der Waals surface area contributed by atoms with Gasteiger partial charge in [0.15, 0.2) is 0 Å². The summed E-state index contributed by atoms with van der Waals surface area (Å²) in [5.41, 5.74) is 1.54. The second kappa shape index (κ2) is 7.39. The minimum absolute atomic E-state index is 0.134. The fraction of sp³-hybridized carbons (Fsp3) is 0.667. The highest BCUT2D eigenvalue weighted by Gasteiger charge is 2.33. The maximum atomic E-state index is 5.66. The van der Waals surface area contributed by atoms with Crippen molar-refractivity contribution in [3.05, 3.63) is 35.9 Å². The van der Waals surface area contributed by atoms with Crippen LogP contribution in [0.5, 0.6) is 0 Å². The zero-order valence-electron chi connectivity index (χ0n) is 13.9. The predicted molar refractivity (Wildman–Crippen MR) is 88.7 cm³/mol. The van der Waals surface area contributed by atoms with Crippen molar-refractivity contribution in [1.29, 1.82) is 0 Å². The van der Waals surface area contributed by atoms with Crippen molar-refractivity contribution in [2.45, 2.75) is 31.8 Å². The summed E-state index contributed by atoms with van der Waals surface area (Å²) in [5.74, 6) is 0.665. The van der Waals surface area contributed by atoms with Crippen molar-refractivity contribution in [2.75, 3.05) is 40.3 Å². The highest BCUT2D eigenvalue weighted by atomic mass is 16.5. The molecule has 1 saturated heterocycles. The number of ether oxygens (including phenoxy) is 1. The highest BCUT2D eigenvalue weighted by Crippen LogP contribution is 2.27. The average Bonchev–Trinajstić information content (AvgIpc) is 2.50. The zero-order chi connectivity index (χ0) is 15.3. The summed E-state index contributed by atoms with van der Waals surface area (Å²) in [6.45, 7) is 8.94. The number of likely N-dealkylation sites (tertiary alicyclic amines) is 1. The third-order valence-electron chi connectivity index (χ3n) is 4.89. The van der Waals surface area contributed by atoms with Gasteiger partial charge in [0.1, 0.15) is 0 Å². The molecule has 3 nitrogen and oxygen atoms in total. The van der Waals surface area contributed by atoms with Gasteiger partial charge < -0.3 is 10.1 Å². The average molecular weight is 290 g/mol. The summed E-state index contributed by atoms with van der Waals surface area (Å²) in [6.07, 6.45) is 1.59. The van der Waals surface area contributed by atoms with E-state index < -0.39 is 0 Å². The molecule has 0 amide bonds. The van der Waals surface area contributed by atoms with Crippen LogP contribution in [0.3, 0.4) is 0 Å². The lowest BCUT2D eigenvalue weighted by Crippen LogP contribution is -2.51. The minimum atomic E-state index is 0.134. The third kappa shape index (κ3) is 4.06. The molecule has 1 fully saturated rings. The first-order chi connectivity index (χ1) is 10.1. The van der Waals surface area contributed by atoms with Crippen LogP contribution in [0.2, 0.25) is 0 Å². The lowest BCUT2D eigenvalue weighted by atomic mass is 9.81. The molecule has 1 N–H and O–H groups in total. The fourth-order valence-electron chi connectivity index (χ4n) is 3.52. The molecule has 1 aliphatic heterocycles. The van der Waals surface area contributed by atoms with E-state index in [4.69, 9.17) is 4.74 Å². The van der Waals surface area contributed by atoms with Crippen LogP contribution in [0.15, 0.2) is 30.3 Å². The van der Waals surface area contributed by atoms with E-state index in [1.165, 1.54) is 18.5 Å². The summed E-state index contributed by atoms with van der Waals surface area (Å²) in [7, 11) is 3.88. The van der Waals surface area contributed by atoms with Crippen molar-refractivity contribution in [3.63, 3.8) is 0 Å². The van der Waals surface area contributed by atoms with Gasteiger partial charge in [-0.3, -0.25) is 4.90 Å². The summed E-state index contributed by atoms with van der Waals surface area (Å²) >= 11 is 0. The zero-order valence-corrected chi connectivity index (χ0v) is 13.9. The molecular weight excluding hydrogens is 260 g/mol. The van der Waals surface area contributed by atoms with E-state index in [0.29, 0.717) is 12.0 Å². The molecule has 1 heterocycles. The number of likely N-dealkylation sites (N-methyl/N-ethyl adjacent to an activating group) is 1. The molecule has 3 heteroatoms. The van der Waals surface area contributed by atoms with Crippen molar-refractivity contribution in [3.8, 4) is 0 Å². The first-order valence-corrected chi connectivity index (χ1v) is 8.04. The fourth-order valence-corrected chi connectivity index (χ4v) is 3.52. The quantitative estimate of drug-likeness (QED) is 0.871. The Hall–Kier alpha value is -0.900. The number of nitrogens with one attached hydrogen (secondary N) is 1. The SMILES string of the molecule is CNCC(C)(CN1CCC(C)C(OC)C1)c1ccccc1. The Morgan fingerprint density at radius 3 is 2.67 bits per heavy atom. The van der Waals surface area contributed by atoms with Crippen molar-refractivity contribution in [1.82, 2.24) is 10.2 Å². The molecule has 118 valence electrons. The van der Waals surface area contributed by atoms with E-state index in [9.17, 15) is 0 Å². The first kappa shape index (κ1) is 16.5. The van der Waals surface area contributed by atoms with Gasteiger partial charge >= 0.3 is 0 Å². The van der Waals surface area contributed by atoms with E-state index in [0.717, 1.165) is 19.6 Å². The van der Waals surface area contributed by atoms with Crippen molar-refractivity contribution >= 4 is 0 Å². The molecule has 1 aromatic carbocycles. The number of hydrogen-bond donors (Lipinski definition) is 1. The van der Waals surface area contributed by atoms with E-state index in [-0.39, 0.29) is 5.41 Å². The maximum Gasteiger partial charge on any atom is 0.0724 e. The van der Waals surface area contributed by atoms with Crippen LogP contribution in [0.4, 0.5) is 0 Å². The number of hydrogen-bond acceptors (Lipinski definition) is 3. The Labute approximate surface area is 129 Å². The number of nitrogens with zero attached hydrogens (tertiary/aromatic N) is 1. The number of rotatable bonds is 6. The van der Waals surface area contributed by atoms with Gasteiger partial charge in [0.25, 0.3) is 0 Å². The van der Waals surface area contributed by atoms with Crippen LogP contribution in [-0.2, 0) is 10.2 Å². The lowest BCUT2D eigenvalue weighted by Gasteiger charge is -2.41. The molecule has 0 aliphatic carbocycles. The number of benzene rings is 1. The molecule has 0 bridgehead atoms. The smallest absolute Gasteiger partial charge is 0.0724 e. The monoisotopic (exact) mass is 290 g/mol. The summed E-state index contributed by atoms with van der Waals surface area (Å²) < 4.78 is 5.66. The van der Waals surface area contributed by atoms with Crippen LogP contribution in [0.25, 0.3) is 0 Å². The Kier molecular flexibility index (Phi) is 5.80. The van der Waals surface area contributed by atoms with Gasteiger partial charge in [-0.15, -0.1) is 0 Å². The molecule has 0 spiro atoms. The lowest BCUT2D eigenvalue weighted by molar-refractivity contribution is -0.0107. The summed E-state index contributed by atoms with van der Waals surface area (Å²) in [6, 6.07) is 10.9. The topological polar surface area (TPSA) is 24.5 Å². The normalized spacial score (nSPS) is 26.5. The Bertz CT molecular complexity index is 422. The van der Waals surface area contributed by atoms with Crippen LogP contribution >= 0.6 is 0 Å². The predicted octanol–water partition coefficient (Wildman–Crippen LogP) is 2.52. The van der Waals surface area contributed by atoms with Gasteiger partial charge in [0.05, 0.1) is 6.10 Å². The third-order valence-corrected chi connectivity index (χ3v) is 4.89. The van der Waals surface area contributed by atoms with E-state index in [1.807, 2.05) is 14.2 Å². The molecular formula is C18H30N2O. The van der Waals surface area contributed by atoms with Crippen LogP contribution in [0, 0.1) is 5.92 Å². The van der Waals surface area contributed by atoms with Gasteiger partial charge in [0.2, 0.25) is 0 Å². The van der Waals surface area contributed by atoms with Crippen LogP contribution in [0.1, 0.15) is 25.8 Å². The van der Waals surface area contributed by atoms with E-state index >= 15 is 0 Å². The van der Waals surface area contributed by atoms with Gasteiger partial charge in [0, 0.05) is 32.2 Å². The molecule has 21 heavy (non-hydrogen) atoms. The van der Waals surface area contributed by atoms with Gasteiger partial charge in [-0.1, -0.05) is 44.2 Å². The second-order valence-corrected chi connectivity index (χ2v) is 6.73. The summed E-state index contributed by atoms with van der Waals surface area (Å²) in [5, 5.41) is 3.37. The molecule has 3 unspecified atom stereocenters. The van der Waals surface area contributed by atoms with Gasteiger partial charge in [-0.25, -0.2) is 0 Å². The molecule has 1 aliphatic rings. The Morgan fingerprint density at radius 2 is 2.05 bits per heavy atom. The maximum absolute atomic E-state index is 5.66. The molecule has 0 radical (unpaired) electrons. The van der Waals surface area contributed by atoms with Crippen LogP contribution < -0.4 is 5.32 Å². The Morgan fingerprint density at radius 1 is 1.33 bits per heavy atom. The number of methoxy groups -OCH3 is 1. The van der Waals surface area contributed by atoms with E-state index in [2.05, 4.69) is 54.4 Å². The molecule has 0 aromatic heterocycles. The molecule has 2 rings (SSSR count). The van der Waals surface area contributed by atoms with Gasteiger partial charge in [-0.05, 0) is 31.5 Å².